The maximum Gasteiger partial charge on any atom is 0.136 e. The maximum atomic E-state index is 8.86. The predicted molar refractivity (Wildman–Crippen MR) is 74.9 cm³/mol. The normalized spacial score (nSPS) is 9.89. The van der Waals surface area contributed by atoms with Crippen LogP contribution >= 0.6 is 0 Å². The van der Waals surface area contributed by atoms with Crippen molar-refractivity contribution in [3.63, 3.8) is 0 Å². The van der Waals surface area contributed by atoms with E-state index in [0.717, 1.165) is 24.4 Å². The Bertz CT molecular complexity index is 615. The van der Waals surface area contributed by atoms with Crippen molar-refractivity contribution in [2.45, 2.75) is 19.8 Å². The van der Waals surface area contributed by atoms with Gasteiger partial charge in [0.15, 0.2) is 0 Å². The maximum absolute atomic E-state index is 8.86. The number of nitrogens with one attached hydrogen (secondary N) is 1. The van der Waals surface area contributed by atoms with Crippen LogP contribution in [0.4, 0.5) is 17.3 Å². The van der Waals surface area contributed by atoms with Crippen molar-refractivity contribution in [2.75, 3.05) is 11.1 Å². The molecule has 1 heterocycles. The van der Waals surface area contributed by atoms with E-state index < -0.39 is 0 Å². The van der Waals surface area contributed by atoms with Crippen LogP contribution < -0.4 is 11.1 Å². The van der Waals surface area contributed by atoms with Crippen LogP contribution in [-0.2, 0) is 6.42 Å². The molecule has 96 valence electrons. The third kappa shape index (κ3) is 3.42. The van der Waals surface area contributed by atoms with Crippen molar-refractivity contribution in [1.29, 1.82) is 5.26 Å². The van der Waals surface area contributed by atoms with Crippen molar-refractivity contribution in [2.24, 2.45) is 0 Å². The molecule has 2 aromatic rings. The highest BCUT2D eigenvalue weighted by atomic mass is 15.0. The van der Waals surface area contributed by atoms with Crippen molar-refractivity contribution < 1.29 is 0 Å². The van der Waals surface area contributed by atoms with Gasteiger partial charge >= 0.3 is 0 Å². The fourth-order valence-corrected chi connectivity index (χ4v) is 1.73. The van der Waals surface area contributed by atoms with E-state index in [-0.39, 0.29) is 0 Å². The van der Waals surface area contributed by atoms with E-state index in [1.54, 1.807) is 18.2 Å². The smallest absolute Gasteiger partial charge is 0.136 e. The molecule has 1 aromatic carbocycles. The molecule has 0 bridgehead atoms. The number of anilines is 3. The minimum absolute atomic E-state index is 0.442. The largest absolute Gasteiger partial charge is 0.384 e. The molecule has 0 fully saturated rings. The molecule has 19 heavy (non-hydrogen) atoms. The first-order chi connectivity index (χ1) is 9.21. The molecule has 0 spiro atoms. The quantitative estimate of drug-likeness (QED) is 0.874. The number of hydrogen-bond donors (Lipinski definition) is 2. The summed E-state index contributed by atoms with van der Waals surface area (Å²) in [5.41, 5.74) is 7.16. The number of aromatic nitrogens is 2. The van der Waals surface area contributed by atoms with Gasteiger partial charge in [-0.3, -0.25) is 0 Å². The van der Waals surface area contributed by atoms with Gasteiger partial charge in [0.2, 0.25) is 0 Å². The summed E-state index contributed by atoms with van der Waals surface area (Å²) in [5, 5.41) is 12.0. The number of benzene rings is 1. The fraction of sp³-hybridized carbons (Fsp3) is 0.214. The molecular weight excluding hydrogens is 238 g/mol. The highest BCUT2D eigenvalue weighted by molar-refractivity contribution is 5.60. The highest BCUT2D eigenvalue weighted by Crippen LogP contribution is 2.17. The molecule has 5 heteroatoms. The van der Waals surface area contributed by atoms with E-state index in [2.05, 4.69) is 28.3 Å². The Morgan fingerprint density at radius 3 is 2.89 bits per heavy atom. The lowest BCUT2D eigenvalue weighted by atomic mass is 10.2. The molecule has 0 saturated heterocycles. The zero-order chi connectivity index (χ0) is 13.7. The topological polar surface area (TPSA) is 87.6 Å². The summed E-state index contributed by atoms with van der Waals surface area (Å²) < 4.78 is 0. The van der Waals surface area contributed by atoms with Gasteiger partial charge in [-0.1, -0.05) is 13.0 Å². The Morgan fingerprint density at radius 2 is 2.16 bits per heavy atom. The number of rotatable bonds is 4. The summed E-state index contributed by atoms with van der Waals surface area (Å²) >= 11 is 0. The van der Waals surface area contributed by atoms with E-state index >= 15 is 0 Å². The summed E-state index contributed by atoms with van der Waals surface area (Å²) in [6.07, 6.45) is 1.75. The Hall–Kier alpha value is -2.61. The molecule has 0 aliphatic heterocycles. The number of nitrogens with zero attached hydrogens (tertiary/aromatic N) is 3. The first kappa shape index (κ1) is 12.8. The molecular formula is C14H15N5. The molecule has 0 aliphatic rings. The molecule has 5 nitrogen and oxygen atoms in total. The third-order valence-corrected chi connectivity index (χ3v) is 2.53. The van der Waals surface area contributed by atoms with Gasteiger partial charge in [0, 0.05) is 18.2 Å². The van der Waals surface area contributed by atoms with Crippen LogP contribution in [0.5, 0.6) is 0 Å². The second-order valence-electron chi connectivity index (χ2n) is 4.16. The van der Waals surface area contributed by atoms with Gasteiger partial charge in [0.1, 0.15) is 17.5 Å². The minimum atomic E-state index is 0.442. The Labute approximate surface area is 112 Å². The van der Waals surface area contributed by atoms with Gasteiger partial charge in [0.05, 0.1) is 11.6 Å². The lowest BCUT2D eigenvalue weighted by molar-refractivity contribution is 0.839. The minimum Gasteiger partial charge on any atom is -0.384 e. The highest BCUT2D eigenvalue weighted by Gasteiger charge is 2.03. The van der Waals surface area contributed by atoms with Crippen molar-refractivity contribution >= 4 is 17.3 Å². The van der Waals surface area contributed by atoms with Crippen LogP contribution in [0.15, 0.2) is 30.3 Å². The van der Waals surface area contributed by atoms with E-state index in [9.17, 15) is 0 Å². The fourth-order valence-electron chi connectivity index (χ4n) is 1.73. The molecule has 0 unspecified atom stereocenters. The van der Waals surface area contributed by atoms with Gasteiger partial charge in [-0.25, -0.2) is 9.97 Å². The number of hydrogen-bond acceptors (Lipinski definition) is 5. The van der Waals surface area contributed by atoms with Crippen molar-refractivity contribution in [3.8, 4) is 6.07 Å². The number of aryl methyl sites for hydroxylation is 1. The lowest BCUT2D eigenvalue weighted by Crippen LogP contribution is -2.03. The van der Waals surface area contributed by atoms with E-state index in [1.807, 2.05) is 12.1 Å². The number of nitrogens with two attached hydrogens (primary N) is 1. The van der Waals surface area contributed by atoms with Gasteiger partial charge in [0.25, 0.3) is 0 Å². The summed E-state index contributed by atoms with van der Waals surface area (Å²) in [6.45, 7) is 2.07. The molecule has 0 atom stereocenters. The van der Waals surface area contributed by atoms with Crippen LogP contribution in [0.2, 0.25) is 0 Å². The SMILES string of the molecule is CCCc1nc(N)cc(Nc2cccc(C#N)c2)n1. The predicted octanol–water partition coefficient (Wildman–Crippen LogP) is 2.63. The Morgan fingerprint density at radius 1 is 1.32 bits per heavy atom. The summed E-state index contributed by atoms with van der Waals surface area (Å²) in [4.78, 5) is 8.56. The van der Waals surface area contributed by atoms with Gasteiger partial charge in [-0.15, -0.1) is 0 Å². The van der Waals surface area contributed by atoms with Crippen LogP contribution in [0.3, 0.4) is 0 Å². The van der Waals surface area contributed by atoms with Gasteiger partial charge < -0.3 is 11.1 Å². The van der Waals surface area contributed by atoms with E-state index in [0.29, 0.717) is 17.2 Å². The molecule has 3 N–H and O–H groups in total. The molecule has 2 rings (SSSR count). The standard InChI is InChI=1S/C14H15N5/c1-2-4-13-18-12(16)8-14(19-13)17-11-6-3-5-10(7-11)9-15/h3,5-8H,2,4H2,1H3,(H3,16,17,18,19). The zero-order valence-corrected chi connectivity index (χ0v) is 10.7. The van der Waals surface area contributed by atoms with Gasteiger partial charge in [-0.2, -0.15) is 5.26 Å². The Balaban J connectivity index is 2.25. The first-order valence-electron chi connectivity index (χ1n) is 6.12. The second kappa shape index (κ2) is 5.83. The van der Waals surface area contributed by atoms with Crippen LogP contribution in [0, 0.1) is 11.3 Å². The summed E-state index contributed by atoms with van der Waals surface area (Å²) in [7, 11) is 0. The molecule has 0 aliphatic carbocycles. The average Bonchev–Trinajstić information content (AvgIpc) is 2.38. The lowest BCUT2D eigenvalue weighted by Gasteiger charge is -2.08. The van der Waals surface area contributed by atoms with Crippen molar-refractivity contribution in [3.05, 3.63) is 41.7 Å². The van der Waals surface area contributed by atoms with Crippen LogP contribution in [0.25, 0.3) is 0 Å². The molecule has 0 radical (unpaired) electrons. The number of nitriles is 1. The monoisotopic (exact) mass is 253 g/mol. The van der Waals surface area contributed by atoms with E-state index in [4.69, 9.17) is 11.0 Å². The number of nitrogen functional groups attached to an aromatic ring is 1. The zero-order valence-electron chi connectivity index (χ0n) is 10.7. The summed E-state index contributed by atoms with van der Waals surface area (Å²) in [6, 6.07) is 11.0. The van der Waals surface area contributed by atoms with Crippen molar-refractivity contribution in [1.82, 2.24) is 9.97 Å². The molecule has 0 amide bonds. The molecule has 1 aromatic heterocycles. The molecule has 0 saturated carbocycles. The second-order valence-corrected chi connectivity index (χ2v) is 4.16. The van der Waals surface area contributed by atoms with Gasteiger partial charge in [-0.05, 0) is 24.6 Å². The first-order valence-corrected chi connectivity index (χ1v) is 6.12. The third-order valence-electron chi connectivity index (χ3n) is 2.53. The average molecular weight is 253 g/mol. The van der Waals surface area contributed by atoms with Crippen LogP contribution in [0.1, 0.15) is 24.7 Å². The van der Waals surface area contributed by atoms with Crippen LogP contribution in [-0.4, -0.2) is 9.97 Å². The Kier molecular flexibility index (Phi) is 3.94. The summed E-state index contributed by atoms with van der Waals surface area (Å²) in [5.74, 6) is 1.81. The van der Waals surface area contributed by atoms with E-state index in [1.165, 1.54) is 0 Å².